The molecule has 0 spiro atoms. The van der Waals surface area contributed by atoms with Crippen molar-refractivity contribution >= 4 is 11.8 Å². The Labute approximate surface area is 78.4 Å². The van der Waals surface area contributed by atoms with Crippen molar-refractivity contribution < 1.29 is 0 Å². The van der Waals surface area contributed by atoms with Crippen molar-refractivity contribution in [3.05, 3.63) is 23.3 Å². The van der Waals surface area contributed by atoms with Gasteiger partial charge in [0.05, 0.1) is 0 Å². The van der Waals surface area contributed by atoms with E-state index in [1.807, 2.05) is 11.8 Å². The lowest BCUT2D eigenvalue weighted by Crippen LogP contribution is -1.90. The molecule has 0 saturated carbocycles. The Morgan fingerprint density at radius 2 is 2.08 bits per heavy atom. The summed E-state index contributed by atoms with van der Waals surface area (Å²) in [6, 6.07) is 4.56. The van der Waals surface area contributed by atoms with Crippen LogP contribution in [-0.2, 0) is 12.8 Å². The summed E-state index contributed by atoms with van der Waals surface area (Å²) in [5, 5.41) is 0. The lowest BCUT2D eigenvalue weighted by Gasteiger charge is -2.03. The lowest BCUT2D eigenvalue weighted by atomic mass is 10.0. The van der Waals surface area contributed by atoms with E-state index in [1.165, 1.54) is 24.2 Å². The van der Waals surface area contributed by atoms with Crippen LogP contribution in [0.2, 0.25) is 0 Å². The van der Waals surface area contributed by atoms with E-state index in [9.17, 15) is 0 Å². The van der Waals surface area contributed by atoms with E-state index in [-0.39, 0.29) is 0 Å². The van der Waals surface area contributed by atoms with Gasteiger partial charge in [0.15, 0.2) is 0 Å². The van der Waals surface area contributed by atoms with Crippen molar-refractivity contribution in [2.45, 2.75) is 42.9 Å². The molecule has 0 unspecified atom stereocenters. The normalized spacial score (nSPS) is 12.8. The first-order valence-corrected chi connectivity index (χ1v) is 5.51. The number of fused-ring (bicyclic) bond motifs is 1. The van der Waals surface area contributed by atoms with Gasteiger partial charge in [-0.1, -0.05) is 38.1 Å². The first kappa shape index (κ1) is 8.18. The van der Waals surface area contributed by atoms with E-state index in [0.717, 1.165) is 0 Å². The smallest absolute Gasteiger partial charge is 0.0297 e. The summed E-state index contributed by atoms with van der Waals surface area (Å²) in [6.07, 6.45) is 3.71. The highest BCUT2D eigenvalue weighted by Gasteiger charge is 2.23. The SMILES string of the molecule is CCCc1c(CC)ccc2c1S2. The minimum Gasteiger partial charge on any atom is -0.0874 e. The number of hydrogen-bond acceptors (Lipinski definition) is 1. The van der Waals surface area contributed by atoms with E-state index >= 15 is 0 Å². The van der Waals surface area contributed by atoms with Crippen molar-refractivity contribution in [1.29, 1.82) is 0 Å². The van der Waals surface area contributed by atoms with E-state index < -0.39 is 0 Å². The maximum absolute atomic E-state index is 2.30. The van der Waals surface area contributed by atoms with Gasteiger partial charge < -0.3 is 0 Å². The molecule has 1 aromatic carbocycles. The van der Waals surface area contributed by atoms with Crippen LogP contribution in [0.4, 0.5) is 0 Å². The van der Waals surface area contributed by atoms with Gasteiger partial charge in [0, 0.05) is 9.79 Å². The standard InChI is InChI=1S/C11H14S/c1-3-5-9-8(4-2)6-7-10-11(9)12-10/h6-7H,3-5H2,1-2H3. The lowest BCUT2D eigenvalue weighted by molar-refractivity contribution is 0.875. The summed E-state index contributed by atoms with van der Waals surface area (Å²) >= 11 is 1.95. The van der Waals surface area contributed by atoms with Crippen LogP contribution in [0.1, 0.15) is 31.4 Å². The molecule has 0 amide bonds. The fourth-order valence-corrected chi connectivity index (χ4v) is 2.54. The molecule has 1 aromatic rings. The Morgan fingerprint density at radius 3 is 2.75 bits per heavy atom. The number of hydrogen-bond donors (Lipinski definition) is 0. The third-order valence-electron chi connectivity index (χ3n) is 2.37. The van der Waals surface area contributed by atoms with Crippen molar-refractivity contribution in [3.63, 3.8) is 0 Å². The first-order chi connectivity index (χ1) is 5.86. The zero-order valence-corrected chi connectivity index (χ0v) is 8.50. The molecule has 0 saturated heterocycles. The molecule has 0 aliphatic carbocycles. The van der Waals surface area contributed by atoms with Gasteiger partial charge in [0.1, 0.15) is 0 Å². The summed E-state index contributed by atoms with van der Waals surface area (Å²) in [6.45, 7) is 4.50. The molecule has 12 heavy (non-hydrogen) atoms. The minimum atomic E-state index is 1.18. The Kier molecular flexibility index (Phi) is 2.14. The van der Waals surface area contributed by atoms with Gasteiger partial charge >= 0.3 is 0 Å². The highest BCUT2D eigenvalue weighted by molar-refractivity contribution is 8.05. The molecule has 0 bridgehead atoms. The Morgan fingerprint density at radius 1 is 1.25 bits per heavy atom. The fraction of sp³-hybridized carbons (Fsp3) is 0.455. The van der Waals surface area contributed by atoms with E-state index in [4.69, 9.17) is 0 Å². The molecule has 2 rings (SSSR count). The van der Waals surface area contributed by atoms with Crippen LogP contribution in [0, 0.1) is 0 Å². The predicted octanol–water partition coefficient (Wildman–Crippen LogP) is 3.67. The summed E-state index contributed by atoms with van der Waals surface area (Å²) in [7, 11) is 0. The van der Waals surface area contributed by atoms with Crippen LogP contribution < -0.4 is 0 Å². The molecule has 0 nitrogen and oxygen atoms in total. The summed E-state index contributed by atoms with van der Waals surface area (Å²) in [5.74, 6) is 0. The zero-order valence-electron chi connectivity index (χ0n) is 7.68. The van der Waals surface area contributed by atoms with Crippen molar-refractivity contribution in [3.8, 4) is 0 Å². The van der Waals surface area contributed by atoms with Crippen molar-refractivity contribution in [2.24, 2.45) is 0 Å². The Hall–Kier alpha value is -0.430. The third-order valence-corrected chi connectivity index (χ3v) is 3.40. The molecule has 0 N–H and O–H groups in total. The van der Waals surface area contributed by atoms with Crippen LogP contribution in [0.25, 0.3) is 0 Å². The van der Waals surface area contributed by atoms with Gasteiger partial charge in [-0.3, -0.25) is 0 Å². The maximum Gasteiger partial charge on any atom is 0.0297 e. The molecule has 64 valence electrons. The van der Waals surface area contributed by atoms with Gasteiger partial charge in [-0.2, -0.15) is 0 Å². The molecule has 1 aliphatic rings. The van der Waals surface area contributed by atoms with Crippen LogP contribution in [0.15, 0.2) is 21.9 Å². The number of aryl methyl sites for hydroxylation is 1. The second-order valence-electron chi connectivity index (χ2n) is 3.24. The van der Waals surface area contributed by atoms with Gasteiger partial charge in [-0.05, 0) is 30.0 Å². The molecule has 0 fully saturated rings. The molecule has 0 atom stereocenters. The average Bonchev–Trinajstić information content (AvgIpc) is 2.84. The topological polar surface area (TPSA) is 0 Å². The van der Waals surface area contributed by atoms with Gasteiger partial charge in [-0.15, -0.1) is 0 Å². The predicted molar refractivity (Wildman–Crippen MR) is 53.9 cm³/mol. The quantitative estimate of drug-likeness (QED) is 0.646. The molecule has 0 radical (unpaired) electrons. The van der Waals surface area contributed by atoms with E-state index in [0.29, 0.717) is 0 Å². The highest BCUT2D eigenvalue weighted by atomic mass is 32.2. The highest BCUT2D eigenvalue weighted by Crippen LogP contribution is 2.51. The second kappa shape index (κ2) is 3.14. The number of benzene rings is 1. The largest absolute Gasteiger partial charge is 0.0874 e. The molecule has 1 aliphatic heterocycles. The van der Waals surface area contributed by atoms with Crippen LogP contribution in [-0.4, -0.2) is 0 Å². The third kappa shape index (κ3) is 1.27. The maximum atomic E-state index is 2.30. The molecular weight excluding hydrogens is 164 g/mol. The zero-order chi connectivity index (χ0) is 8.55. The van der Waals surface area contributed by atoms with Crippen LogP contribution in [0.3, 0.4) is 0 Å². The number of rotatable bonds is 3. The monoisotopic (exact) mass is 178 g/mol. The summed E-state index contributed by atoms with van der Waals surface area (Å²) < 4.78 is 0. The fourth-order valence-electron chi connectivity index (χ4n) is 1.68. The van der Waals surface area contributed by atoms with E-state index in [2.05, 4.69) is 26.0 Å². The van der Waals surface area contributed by atoms with E-state index in [1.54, 1.807) is 16.0 Å². The van der Waals surface area contributed by atoms with Crippen molar-refractivity contribution in [1.82, 2.24) is 0 Å². The van der Waals surface area contributed by atoms with Crippen LogP contribution in [0.5, 0.6) is 0 Å². The van der Waals surface area contributed by atoms with Crippen molar-refractivity contribution in [2.75, 3.05) is 0 Å². The molecule has 1 heterocycles. The summed E-state index contributed by atoms with van der Waals surface area (Å²) in [4.78, 5) is 3.09. The minimum absolute atomic E-state index is 1.18. The molecular formula is C11H14S. The summed E-state index contributed by atoms with van der Waals surface area (Å²) in [5.41, 5.74) is 3.18. The van der Waals surface area contributed by atoms with Gasteiger partial charge in [-0.25, -0.2) is 0 Å². The Bertz CT molecular complexity index is 302. The van der Waals surface area contributed by atoms with Gasteiger partial charge in [0.2, 0.25) is 0 Å². The second-order valence-corrected chi connectivity index (χ2v) is 4.29. The van der Waals surface area contributed by atoms with Crippen LogP contribution >= 0.6 is 11.8 Å². The molecule has 0 aromatic heterocycles. The molecule has 1 heteroatoms. The Balaban J connectivity index is 2.37. The first-order valence-electron chi connectivity index (χ1n) is 4.69. The van der Waals surface area contributed by atoms with Gasteiger partial charge in [0.25, 0.3) is 0 Å². The average molecular weight is 178 g/mol.